The first-order chi connectivity index (χ1) is 10.2. The highest BCUT2D eigenvalue weighted by Crippen LogP contribution is 2.40. The van der Waals surface area contributed by atoms with Gasteiger partial charge in [0.1, 0.15) is 17.0 Å². The number of carbonyl (C=O) groups is 1. The number of thiophene rings is 1. The Labute approximate surface area is 127 Å². The molecule has 2 aromatic rings. The topological polar surface area (TPSA) is 58.1 Å². The van der Waals surface area contributed by atoms with Crippen LogP contribution < -0.4 is 5.32 Å². The van der Waals surface area contributed by atoms with Gasteiger partial charge in [0, 0.05) is 19.6 Å². The van der Waals surface area contributed by atoms with Crippen LogP contribution in [0.1, 0.15) is 34.5 Å². The highest BCUT2D eigenvalue weighted by Gasteiger charge is 2.41. The van der Waals surface area contributed by atoms with Crippen molar-refractivity contribution in [2.45, 2.75) is 32.2 Å². The Morgan fingerprint density at radius 1 is 1.43 bits per heavy atom. The van der Waals surface area contributed by atoms with Crippen LogP contribution in [-0.4, -0.2) is 40.4 Å². The summed E-state index contributed by atoms with van der Waals surface area (Å²) in [5.74, 6) is 1.71. The first-order valence-electron chi connectivity index (χ1n) is 7.42. The molecule has 110 valence electrons. The van der Waals surface area contributed by atoms with Crippen molar-refractivity contribution in [3.8, 4) is 0 Å². The molecule has 1 amide bonds. The van der Waals surface area contributed by atoms with Gasteiger partial charge in [-0.15, -0.1) is 11.3 Å². The number of fused-ring (bicyclic) bond motifs is 3. The van der Waals surface area contributed by atoms with Crippen LogP contribution in [0.4, 0.5) is 5.82 Å². The minimum Gasteiger partial charge on any atom is -0.372 e. The number of aryl methyl sites for hydroxylation is 1. The van der Waals surface area contributed by atoms with Crippen molar-refractivity contribution in [1.82, 2.24) is 14.9 Å². The maximum Gasteiger partial charge on any atom is 0.264 e. The van der Waals surface area contributed by atoms with Crippen LogP contribution in [0.2, 0.25) is 0 Å². The minimum absolute atomic E-state index is 0.185. The Morgan fingerprint density at radius 3 is 2.95 bits per heavy atom. The quantitative estimate of drug-likeness (QED) is 0.926. The van der Waals surface area contributed by atoms with E-state index in [-0.39, 0.29) is 5.91 Å². The van der Waals surface area contributed by atoms with Crippen LogP contribution >= 0.6 is 11.3 Å². The van der Waals surface area contributed by atoms with Gasteiger partial charge in [-0.2, -0.15) is 0 Å². The Hall–Kier alpha value is -1.69. The third-order valence-corrected chi connectivity index (χ3v) is 6.02. The predicted octanol–water partition coefficient (Wildman–Crippen LogP) is 2.67. The summed E-state index contributed by atoms with van der Waals surface area (Å²) in [5.41, 5.74) is 1.01. The van der Waals surface area contributed by atoms with E-state index in [1.54, 1.807) is 6.33 Å². The molecule has 1 aliphatic carbocycles. The molecule has 0 spiro atoms. The third kappa shape index (κ3) is 1.85. The number of nitrogens with one attached hydrogen (secondary N) is 1. The summed E-state index contributed by atoms with van der Waals surface area (Å²) in [6, 6.07) is 0.460. The van der Waals surface area contributed by atoms with Gasteiger partial charge >= 0.3 is 0 Å². The average molecular weight is 302 g/mol. The van der Waals surface area contributed by atoms with Crippen molar-refractivity contribution in [3.05, 3.63) is 16.8 Å². The molecule has 2 fully saturated rings. The normalized spacial score (nSPS) is 24.0. The summed E-state index contributed by atoms with van der Waals surface area (Å²) in [6.45, 7) is 2.94. The third-order valence-electron chi connectivity index (χ3n) is 4.83. The van der Waals surface area contributed by atoms with Crippen molar-refractivity contribution in [1.29, 1.82) is 0 Å². The largest absolute Gasteiger partial charge is 0.372 e. The number of hydrogen-bond acceptors (Lipinski definition) is 5. The monoisotopic (exact) mass is 302 g/mol. The summed E-state index contributed by atoms with van der Waals surface area (Å²) in [4.78, 5) is 25.3. The van der Waals surface area contributed by atoms with E-state index in [9.17, 15) is 4.79 Å². The van der Waals surface area contributed by atoms with Crippen LogP contribution in [-0.2, 0) is 0 Å². The van der Waals surface area contributed by atoms with E-state index in [2.05, 4.69) is 20.2 Å². The number of amides is 1. The SMILES string of the molecule is CNc1ncnc2sc(C(=O)N3CC4CCC3C4)c(C)c12. The van der Waals surface area contributed by atoms with Gasteiger partial charge in [-0.1, -0.05) is 0 Å². The average Bonchev–Trinajstić information content (AvgIpc) is 3.20. The van der Waals surface area contributed by atoms with Crippen LogP contribution in [0, 0.1) is 12.8 Å². The van der Waals surface area contributed by atoms with E-state index in [1.165, 1.54) is 30.6 Å². The van der Waals surface area contributed by atoms with Crippen molar-refractivity contribution >= 4 is 33.3 Å². The van der Waals surface area contributed by atoms with Gasteiger partial charge in [-0.3, -0.25) is 4.79 Å². The molecule has 2 aliphatic rings. The fourth-order valence-electron chi connectivity index (χ4n) is 3.77. The smallest absolute Gasteiger partial charge is 0.264 e. The highest BCUT2D eigenvalue weighted by atomic mass is 32.1. The second-order valence-electron chi connectivity index (χ2n) is 6.00. The lowest BCUT2D eigenvalue weighted by Crippen LogP contribution is -2.37. The molecular weight excluding hydrogens is 284 g/mol. The second kappa shape index (κ2) is 4.66. The first-order valence-corrected chi connectivity index (χ1v) is 8.23. The zero-order valence-electron chi connectivity index (χ0n) is 12.2. The van der Waals surface area contributed by atoms with Gasteiger partial charge in [0.05, 0.1) is 10.3 Å². The van der Waals surface area contributed by atoms with Crippen LogP contribution in [0.25, 0.3) is 10.2 Å². The predicted molar refractivity (Wildman–Crippen MR) is 83.9 cm³/mol. The van der Waals surface area contributed by atoms with Gasteiger partial charge in [0.15, 0.2) is 0 Å². The van der Waals surface area contributed by atoms with E-state index in [4.69, 9.17) is 0 Å². The lowest BCUT2D eigenvalue weighted by atomic mass is 10.1. The molecule has 0 radical (unpaired) electrons. The second-order valence-corrected chi connectivity index (χ2v) is 7.00. The zero-order valence-corrected chi connectivity index (χ0v) is 13.0. The van der Waals surface area contributed by atoms with Crippen molar-refractivity contribution in [3.63, 3.8) is 0 Å². The number of carbonyl (C=O) groups excluding carboxylic acids is 1. The van der Waals surface area contributed by atoms with Gasteiger partial charge in [-0.05, 0) is 37.7 Å². The number of hydrogen-bond donors (Lipinski definition) is 1. The minimum atomic E-state index is 0.185. The number of nitrogens with zero attached hydrogens (tertiary/aromatic N) is 3. The van der Waals surface area contributed by atoms with Gasteiger partial charge < -0.3 is 10.2 Å². The van der Waals surface area contributed by atoms with Crippen LogP contribution in [0.5, 0.6) is 0 Å². The summed E-state index contributed by atoms with van der Waals surface area (Å²) in [6.07, 6.45) is 5.20. The van der Waals surface area contributed by atoms with E-state index in [0.29, 0.717) is 6.04 Å². The van der Waals surface area contributed by atoms with Gasteiger partial charge in [-0.25, -0.2) is 9.97 Å². The summed E-state index contributed by atoms with van der Waals surface area (Å²) < 4.78 is 0. The lowest BCUT2D eigenvalue weighted by Gasteiger charge is -2.26. The first kappa shape index (κ1) is 13.0. The summed E-state index contributed by atoms with van der Waals surface area (Å²) >= 11 is 1.49. The standard InChI is InChI=1S/C15H18N4OS/c1-8-11-13(16-2)17-7-18-14(11)21-12(8)15(20)19-6-9-3-4-10(19)5-9/h7,9-10H,3-6H2,1-2H3,(H,16,17,18). The molecule has 2 atom stereocenters. The summed E-state index contributed by atoms with van der Waals surface area (Å²) in [7, 11) is 1.85. The molecule has 1 saturated carbocycles. The molecule has 2 aromatic heterocycles. The molecule has 1 saturated heterocycles. The molecule has 5 nitrogen and oxygen atoms in total. The molecule has 1 N–H and O–H groups in total. The fourth-order valence-corrected chi connectivity index (χ4v) is 4.87. The molecule has 21 heavy (non-hydrogen) atoms. The van der Waals surface area contributed by atoms with Gasteiger partial charge in [0.25, 0.3) is 5.91 Å². The Kier molecular flexibility index (Phi) is 2.89. The molecular formula is C15H18N4OS. The van der Waals surface area contributed by atoms with Crippen LogP contribution in [0.15, 0.2) is 6.33 Å². The van der Waals surface area contributed by atoms with E-state index in [1.807, 2.05) is 14.0 Å². The highest BCUT2D eigenvalue weighted by molar-refractivity contribution is 7.20. The maximum absolute atomic E-state index is 12.9. The molecule has 3 heterocycles. The van der Waals surface area contributed by atoms with E-state index < -0.39 is 0 Å². The number of anilines is 1. The summed E-state index contributed by atoms with van der Waals surface area (Å²) in [5, 5.41) is 4.07. The fraction of sp³-hybridized carbons (Fsp3) is 0.533. The maximum atomic E-state index is 12.9. The van der Waals surface area contributed by atoms with Crippen LogP contribution in [0.3, 0.4) is 0 Å². The van der Waals surface area contributed by atoms with Crippen molar-refractivity contribution in [2.75, 3.05) is 18.9 Å². The van der Waals surface area contributed by atoms with E-state index in [0.717, 1.165) is 38.9 Å². The van der Waals surface area contributed by atoms with Gasteiger partial charge in [0.2, 0.25) is 0 Å². The zero-order chi connectivity index (χ0) is 14.6. The molecule has 2 bridgehead atoms. The Bertz CT molecular complexity index is 726. The van der Waals surface area contributed by atoms with Crippen molar-refractivity contribution in [2.24, 2.45) is 5.92 Å². The molecule has 6 heteroatoms. The molecule has 4 rings (SSSR count). The lowest BCUT2D eigenvalue weighted by molar-refractivity contribution is 0.0708. The van der Waals surface area contributed by atoms with E-state index >= 15 is 0 Å². The number of rotatable bonds is 2. The Morgan fingerprint density at radius 2 is 2.29 bits per heavy atom. The Balaban J connectivity index is 1.77. The number of aromatic nitrogens is 2. The van der Waals surface area contributed by atoms with Crippen molar-refractivity contribution < 1.29 is 4.79 Å². The molecule has 0 aromatic carbocycles. The number of piperidine rings is 1. The molecule has 1 aliphatic heterocycles. The molecule has 2 unspecified atom stereocenters. The number of likely N-dealkylation sites (tertiary alicyclic amines) is 1.